The molecular weight excluding hydrogens is 388 g/mol. The molecular formula is C22H30N2O4S. The quantitative estimate of drug-likeness (QED) is 0.544. The molecule has 1 aromatic carbocycles. The Kier molecular flexibility index (Phi) is 5.12. The lowest BCUT2D eigenvalue weighted by Gasteiger charge is -2.37. The smallest absolute Gasteiger partial charge is 0.256 e. The fourth-order valence-electron chi connectivity index (χ4n) is 5.90. The van der Waals surface area contributed by atoms with Crippen molar-refractivity contribution < 1.29 is 18.0 Å². The minimum absolute atomic E-state index is 0.0645. The van der Waals surface area contributed by atoms with Gasteiger partial charge >= 0.3 is 0 Å². The maximum absolute atomic E-state index is 13.4. The predicted octanol–water partition coefficient (Wildman–Crippen LogP) is 3.02. The van der Waals surface area contributed by atoms with Crippen LogP contribution in [0.25, 0.3) is 0 Å². The van der Waals surface area contributed by atoms with Crippen LogP contribution in [0.2, 0.25) is 0 Å². The Labute approximate surface area is 173 Å². The van der Waals surface area contributed by atoms with Crippen LogP contribution in [-0.4, -0.2) is 36.5 Å². The van der Waals surface area contributed by atoms with Crippen LogP contribution in [0, 0.1) is 16.7 Å². The van der Waals surface area contributed by atoms with Gasteiger partial charge < -0.3 is 0 Å². The number of nitrogens with one attached hydrogen (secondary N) is 1. The standard InChI is InChI=1S/C22H30N2O4S/c1-4-8-18(23-28-14-16-9-6-5-7-10-16)20(25)24-19-13-17-11-12-22(19,21(17,2)3)15-29(24,26)27/h4-7,9-10,17-19,23H,1,8,11-15H2,2-3H3/t17?,18-,19?,22?/m0/s1. The number of hydrogen-bond donors (Lipinski definition) is 1. The molecule has 1 saturated heterocycles. The second kappa shape index (κ2) is 7.22. The van der Waals surface area contributed by atoms with E-state index >= 15 is 0 Å². The summed E-state index contributed by atoms with van der Waals surface area (Å²) in [6.45, 7) is 8.37. The predicted molar refractivity (Wildman–Crippen MR) is 111 cm³/mol. The van der Waals surface area contributed by atoms with Gasteiger partial charge in [-0.1, -0.05) is 50.3 Å². The molecule has 1 spiro atoms. The molecule has 1 aliphatic heterocycles. The third kappa shape index (κ3) is 3.14. The first-order valence-electron chi connectivity index (χ1n) is 10.3. The molecule has 2 saturated carbocycles. The molecule has 2 bridgehead atoms. The van der Waals surface area contributed by atoms with Crippen LogP contribution in [0.5, 0.6) is 0 Å². The van der Waals surface area contributed by atoms with Crippen molar-refractivity contribution in [3.8, 4) is 0 Å². The topological polar surface area (TPSA) is 75.7 Å². The fourth-order valence-corrected chi connectivity index (χ4v) is 8.47. The molecule has 3 unspecified atom stereocenters. The van der Waals surface area contributed by atoms with Gasteiger partial charge in [-0.15, -0.1) is 6.58 Å². The summed E-state index contributed by atoms with van der Waals surface area (Å²) in [7, 11) is -3.65. The van der Waals surface area contributed by atoms with E-state index in [1.807, 2.05) is 30.3 Å². The van der Waals surface area contributed by atoms with E-state index < -0.39 is 22.0 Å². The number of sulfonamides is 1. The van der Waals surface area contributed by atoms with Crippen LogP contribution in [0.1, 0.15) is 45.1 Å². The van der Waals surface area contributed by atoms with Crippen molar-refractivity contribution in [1.82, 2.24) is 9.79 Å². The zero-order valence-electron chi connectivity index (χ0n) is 17.1. The number of rotatable bonds is 7. The number of carbonyl (C=O) groups excluding carboxylic acids is 1. The number of carbonyl (C=O) groups is 1. The van der Waals surface area contributed by atoms with E-state index in [1.54, 1.807) is 6.08 Å². The van der Waals surface area contributed by atoms with Crippen LogP contribution in [-0.2, 0) is 26.3 Å². The summed E-state index contributed by atoms with van der Waals surface area (Å²) >= 11 is 0. The Balaban J connectivity index is 1.52. The Morgan fingerprint density at radius 3 is 2.76 bits per heavy atom. The summed E-state index contributed by atoms with van der Waals surface area (Å²) in [4.78, 5) is 18.9. The first kappa shape index (κ1) is 20.6. The number of amides is 1. The van der Waals surface area contributed by atoms with E-state index in [9.17, 15) is 13.2 Å². The second-order valence-electron chi connectivity index (χ2n) is 9.22. The molecule has 0 aromatic heterocycles. The lowest BCUT2D eigenvalue weighted by atomic mass is 9.69. The van der Waals surface area contributed by atoms with Crippen LogP contribution < -0.4 is 5.48 Å². The van der Waals surface area contributed by atoms with Crippen molar-refractivity contribution in [2.45, 2.75) is 58.2 Å². The van der Waals surface area contributed by atoms with Gasteiger partial charge in [0.1, 0.15) is 6.04 Å². The fraction of sp³-hybridized carbons (Fsp3) is 0.591. The molecule has 2 aliphatic carbocycles. The normalized spacial score (nSPS) is 32.1. The minimum Gasteiger partial charge on any atom is -0.296 e. The highest BCUT2D eigenvalue weighted by molar-refractivity contribution is 7.90. The van der Waals surface area contributed by atoms with Crippen LogP contribution in [0.15, 0.2) is 43.0 Å². The molecule has 1 N–H and O–H groups in total. The number of hydrogen-bond acceptors (Lipinski definition) is 5. The third-order valence-corrected chi connectivity index (χ3v) is 9.55. The lowest BCUT2D eigenvalue weighted by molar-refractivity contribution is -0.136. The molecule has 3 fully saturated rings. The Hall–Kier alpha value is -1.70. The highest BCUT2D eigenvalue weighted by Crippen LogP contribution is 2.70. The molecule has 3 aliphatic rings. The molecule has 6 nitrogen and oxygen atoms in total. The molecule has 1 aromatic rings. The monoisotopic (exact) mass is 418 g/mol. The number of fused-ring (bicyclic) bond motifs is 1. The van der Waals surface area contributed by atoms with Gasteiger partial charge in [-0.25, -0.2) is 12.7 Å². The first-order valence-corrected chi connectivity index (χ1v) is 11.9. The molecule has 158 valence electrons. The Bertz CT molecular complexity index is 899. The van der Waals surface area contributed by atoms with Gasteiger partial charge in [-0.05, 0) is 42.6 Å². The van der Waals surface area contributed by atoms with Crippen molar-refractivity contribution in [1.29, 1.82) is 0 Å². The van der Waals surface area contributed by atoms with Crippen LogP contribution >= 0.6 is 0 Å². The largest absolute Gasteiger partial charge is 0.296 e. The molecule has 7 heteroatoms. The van der Waals surface area contributed by atoms with Gasteiger partial charge in [-0.3, -0.25) is 9.63 Å². The Morgan fingerprint density at radius 2 is 2.10 bits per heavy atom. The van der Waals surface area contributed by atoms with Crippen molar-refractivity contribution in [2.24, 2.45) is 16.7 Å². The van der Waals surface area contributed by atoms with Crippen molar-refractivity contribution in [2.75, 3.05) is 5.75 Å². The number of hydroxylamine groups is 1. The third-order valence-electron chi connectivity index (χ3n) is 7.64. The van der Waals surface area contributed by atoms with Gasteiger partial charge in [0.2, 0.25) is 10.0 Å². The van der Waals surface area contributed by atoms with Crippen molar-refractivity contribution >= 4 is 15.9 Å². The molecule has 1 heterocycles. The highest BCUT2D eigenvalue weighted by atomic mass is 32.2. The average Bonchev–Trinajstić information content (AvgIpc) is 3.15. The summed E-state index contributed by atoms with van der Waals surface area (Å²) in [6.07, 6.45) is 4.61. The maximum atomic E-state index is 13.4. The zero-order chi connectivity index (χ0) is 20.9. The SMILES string of the molecule is C=CC[C@H](NOCc1ccccc1)C(=O)N1C2CC3CCC2(CS1(=O)=O)C3(C)C. The molecule has 29 heavy (non-hydrogen) atoms. The van der Waals surface area contributed by atoms with Crippen LogP contribution in [0.4, 0.5) is 0 Å². The minimum atomic E-state index is -3.65. The van der Waals surface area contributed by atoms with E-state index in [-0.39, 0.29) is 29.2 Å². The maximum Gasteiger partial charge on any atom is 0.256 e. The van der Waals surface area contributed by atoms with E-state index in [0.29, 0.717) is 12.3 Å². The molecule has 0 radical (unpaired) electrons. The summed E-state index contributed by atoms with van der Waals surface area (Å²) in [5.41, 5.74) is 3.38. The van der Waals surface area contributed by atoms with E-state index in [2.05, 4.69) is 25.9 Å². The van der Waals surface area contributed by atoms with Gasteiger partial charge in [-0.2, -0.15) is 5.48 Å². The van der Waals surface area contributed by atoms with E-state index in [1.165, 1.54) is 4.31 Å². The summed E-state index contributed by atoms with van der Waals surface area (Å²) in [5, 5.41) is 0. The lowest BCUT2D eigenvalue weighted by Crippen LogP contribution is -2.51. The highest BCUT2D eigenvalue weighted by Gasteiger charge is 2.72. The summed E-state index contributed by atoms with van der Waals surface area (Å²) in [6, 6.07) is 8.60. The number of benzene rings is 1. The molecule has 4 rings (SSSR count). The van der Waals surface area contributed by atoms with Crippen molar-refractivity contribution in [3.63, 3.8) is 0 Å². The van der Waals surface area contributed by atoms with Gasteiger partial charge in [0.05, 0.1) is 18.4 Å². The van der Waals surface area contributed by atoms with Crippen LogP contribution in [0.3, 0.4) is 0 Å². The summed E-state index contributed by atoms with van der Waals surface area (Å²) < 4.78 is 27.4. The van der Waals surface area contributed by atoms with Gasteiger partial charge in [0, 0.05) is 5.41 Å². The number of nitrogens with zero attached hydrogens (tertiary/aromatic N) is 1. The second-order valence-corrected chi connectivity index (χ2v) is 11.1. The molecule has 1 amide bonds. The Morgan fingerprint density at radius 1 is 1.38 bits per heavy atom. The summed E-state index contributed by atoms with van der Waals surface area (Å²) in [5.74, 6) is 0.118. The average molecular weight is 419 g/mol. The first-order chi connectivity index (χ1) is 13.7. The van der Waals surface area contributed by atoms with Gasteiger partial charge in [0.25, 0.3) is 5.91 Å². The van der Waals surface area contributed by atoms with E-state index in [0.717, 1.165) is 24.8 Å². The zero-order valence-corrected chi connectivity index (χ0v) is 18.0. The molecule has 4 atom stereocenters. The van der Waals surface area contributed by atoms with Gasteiger partial charge in [0.15, 0.2) is 0 Å². The van der Waals surface area contributed by atoms with E-state index in [4.69, 9.17) is 4.84 Å². The van der Waals surface area contributed by atoms with Crippen molar-refractivity contribution in [3.05, 3.63) is 48.6 Å².